The summed E-state index contributed by atoms with van der Waals surface area (Å²) in [5, 5.41) is 4.37. The Balaban J connectivity index is 1.73. The van der Waals surface area contributed by atoms with Gasteiger partial charge in [0.15, 0.2) is 6.10 Å². The number of ether oxygens (including phenoxy) is 1. The molecule has 1 amide bonds. The van der Waals surface area contributed by atoms with Crippen LogP contribution in [-0.4, -0.2) is 24.3 Å². The highest BCUT2D eigenvalue weighted by atomic mass is 35.5. The number of amides is 1. The predicted octanol–water partition coefficient (Wildman–Crippen LogP) is 5.51. The lowest BCUT2D eigenvalue weighted by Gasteiger charge is -2.17. The van der Waals surface area contributed by atoms with Gasteiger partial charge in [-0.25, -0.2) is 0 Å². The van der Waals surface area contributed by atoms with E-state index in [2.05, 4.69) is 5.32 Å². The third kappa shape index (κ3) is 6.75. The Morgan fingerprint density at radius 1 is 1.23 bits per heavy atom. The average Bonchev–Trinajstić information content (AvgIpc) is 2.62. The number of hydrogen-bond acceptors (Lipinski definition) is 3. The summed E-state index contributed by atoms with van der Waals surface area (Å²) in [6.45, 7) is 4.44. The zero-order valence-electron chi connectivity index (χ0n) is 14.9. The second-order valence-electron chi connectivity index (χ2n) is 5.90. The highest BCUT2D eigenvalue weighted by molar-refractivity contribution is 7.98. The van der Waals surface area contributed by atoms with Crippen molar-refractivity contribution in [1.82, 2.24) is 5.32 Å². The number of halogens is 2. The topological polar surface area (TPSA) is 38.3 Å². The van der Waals surface area contributed by atoms with Crippen molar-refractivity contribution in [1.29, 1.82) is 0 Å². The van der Waals surface area contributed by atoms with Crippen LogP contribution in [0.3, 0.4) is 0 Å². The average molecular weight is 412 g/mol. The second kappa shape index (κ2) is 10.7. The molecular formula is C20H23Cl2NO2S. The van der Waals surface area contributed by atoms with Gasteiger partial charge in [0.05, 0.1) is 0 Å². The second-order valence-corrected chi connectivity index (χ2v) is 7.85. The molecule has 0 radical (unpaired) electrons. The van der Waals surface area contributed by atoms with Crippen LogP contribution in [0.1, 0.15) is 24.5 Å². The lowest BCUT2D eigenvalue weighted by Crippen LogP contribution is -2.39. The predicted molar refractivity (Wildman–Crippen MR) is 112 cm³/mol. The van der Waals surface area contributed by atoms with Crippen LogP contribution in [0, 0.1) is 6.92 Å². The van der Waals surface area contributed by atoms with Crippen LogP contribution >= 0.6 is 35.0 Å². The molecule has 1 N–H and O–H groups in total. The minimum absolute atomic E-state index is 0.0940. The molecule has 0 heterocycles. The summed E-state index contributed by atoms with van der Waals surface area (Å²) in [6.07, 6.45) is 0.0943. The summed E-state index contributed by atoms with van der Waals surface area (Å²) in [5.41, 5.74) is 2.11. The number of carbonyl (C=O) groups excluding carboxylic acids is 1. The van der Waals surface area contributed by atoms with Gasteiger partial charge in [0.25, 0.3) is 5.91 Å². The molecule has 0 aromatic heterocycles. The fourth-order valence-electron chi connectivity index (χ4n) is 2.35. The fraction of sp³-hybridized carbons (Fsp3) is 0.350. The van der Waals surface area contributed by atoms with Crippen molar-refractivity contribution in [3.8, 4) is 5.75 Å². The third-order valence-electron chi connectivity index (χ3n) is 3.77. The number of thioether (sulfide) groups is 1. The van der Waals surface area contributed by atoms with Gasteiger partial charge in [0.1, 0.15) is 5.75 Å². The quantitative estimate of drug-likeness (QED) is 0.552. The highest BCUT2D eigenvalue weighted by Crippen LogP contribution is 2.22. The highest BCUT2D eigenvalue weighted by Gasteiger charge is 2.18. The lowest BCUT2D eigenvalue weighted by molar-refractivity contribution is -0.127. The minimum atomic E-state index is -0.506. The van der Waals surface area contributed by atoms with Gasteiger partial charge in [0.2, 0.25) is 0 Å². The van der Waals surface area contributed by atoms with E-state index < -0.39 is 6.10 Å². The summed E-state index contributed by atoms with van der Waals surface area (Å²) in [6, 6.07) is 13.2. The van der Waals surface area contributed by atoms with Crippen LogP contribution in [0.15, 0.2) is 42.5 Å². The van der Waals surface area contributed by atoms with Gasteiger partial charge in [-0.2, -0.15) is 11.8 Å². The number of aryl methyl sites for hydroxylation is 1. The molecule has 0 saturated heterocycles. The molecule has 0 fully saturated rings. The lowest BCUT2D eigenvalue weighted by atomic mass is 10.2. The van der Waals surface area contributed by atoms with Gasteiger partial charge in [-0.1, -0.05) is 42.3 Å². The van der Waals surface area contributed by atoms with E-state index in [1.54, 1.807) is 23.9 Å². The molecule has 2 aromatic rings. The van der Waals surface area contributed by atoms with Gasteiger partial charge in [0, 0.05) is 28.1 Å². The maximum absolute atomic E-state index is 12.3. The maximum Gasteiger partial charge on any atom is 0.261 e. The molecule has 0 bridgehead atoms. The summed E-state index contributed by atoms with van der Waals surface area (Å²) in [7, 11) is 0. The maximum atomic E-state index is 12.3. The van der Waals surface area contributed by atoms with E-state index in [0.717, 1.165) is 22.1 Å². The van der Waals surface area contributed by atoms with Gasteiger partial charge in [-0.3, -0.25) is 4.79 Å². The van der Waals surface area contributed by atoms with Crippen LogP contribution in [0.25, 0.3) is 0 Å². The van der Waals surface area contributed by atoms with Crippen LogP contribution in [0.2, 0.25) is 10.0 Å². The van der Waals surface area contributed by atoms with E-state index in [9.17, 15) is 4.79 Å². The molecule has 6 heteroatoms. The molecule has 0 aliphatic carbocycles. The number of rotatable bonds is 9. The Labute approximate surface area is 169 Å². The summed E-state index contributed by atoms with van der Waals surface area (Å²) in [4.78, 5) is 12.3. The fourth-order valence-corrected chi connectivity index (χ4v) is 3.49. The molecule has 0 spiro atoms. The number of benzene rings is 2. The van der Waals surface area contributed by atoms with E-state index in [0.29, 0.717) is 23.7 Å². The van der Waals surface area contributed by atoms with Crippen molar-refractivity contribution >= 4 is 40.9 Å². The largest absolute Gasteiger partial charge is 0.481 e. The van der Waals surface area contributed by atoms with E-state index in [1.165, 1.54) is 5.56 Å². The molecule has 0 saturated carbocycles. The molecule has 0 unspecified atom stereocenters. The molecular weight excluding hydrogens is 389 g/mol. The van der Waals surface area contributed by atoms with Crippen LogP contribution in [0.5, 0.6) is 5.75 Å². The zero-order chi connectivity index (χ0) is 18.9. The zero-order valence-corrected chi connectivity index (χ0v) is 17.3. The first-order valence-electron chi connectivity index (χ1n) is 8.52. The molecule has 140 valence electrons. The molecule has 26 heavy (non-hydrogen) atoms. The Hall–Kier alpha value is -1.36. The van der Waals surface area contributed by atoms with Crippen molar-refractivity contribution in [3.63, 3.8) is 0 Å². The van der Waals surface area contributed by atoms with Crippen LogP contribution < -0.4 is 10.1 Å². The molecule has 0 aliphatic rings. The molecule has 2 rings (SSSR count). The van der Waals surface area contributed by atoms with Gasteiger partial charge >= 0.3 is 0 Å². The van der Waals surface area contributed by atoms with Gasteiger partial charge < -0.3 is 10.1 Å². The first-order chi connectivity index (χ1) is 12.5. The molecule has 1 atom stereocenters. The van der Waals surface area contributed by atoms with Crippen LogP contribution in [0.4, 0.5) is 0 Å². The smallest absolute Gasteiger partial charge is 0.261 e. The Kier molecular flexibility index (Phi) is 8.63. The van der Waals surface area contributed by atoms with Crippen LogP contribution in [-0.2, 0) is 10.5 Å². The third-order valence-corrected chi connectivity index (χ3v) is 5.46. The van der Waals surface area contributed by atoms with Crippen molar-refractivity contribution < 1.29 is 9.53 Å². The summed E-state index contributed by atoms with van der Waals surface area (Å²) >= 11 is 13.7. The first-order valence-corrected chi connectivity index (χ1v) is 10.4. The number of hydrogen-bond donors (Lipinski definition) is 1. The van der Waals surface area contributed by atoms with E-state index >= 15 is 0 Å². The van der Waals surface area contributed by atoms with Crippen molar-refractivity contribution in [2.45, 2.75) is 32.1 Å². The summed E-state index contributed by atoms with van der Waals surface area (Å²) in [5.74, 6) is 2.26. The molecule has 3 nitrogen and oxygen atoms in total. The Morgan fingerprint density at radius 2 is 2.04 bits per heavy atom. The summed E-state index contributed by atoms with van der Waals surface area (Å²) < 4.78 is 5.81. The Morgan fingerprint density at radius 3 is 2.73 bits per heavy atom. The van der Waals surface area contributed by atoms with E-state index in [4.69, 9.17) is 27.9 Å². The van der Waals surface area contributed by atoms with E-state index in [1.807, 2.05) is 44.2 Å². The molecule has 2 aromatic carbocycles. The monoisotopic (exact) mass is 411 g/mol. The first kappa shape index (κ1) is 20.9. The molecule has 0 aliphatic heterocycles. The van der Waals surface area contributed by atoms with E-state index in [-0.39, 0.29) is 5.91 Å². The normalized spacial score (nSPS) is 11.8. The number of carbonyl (C=O) groups is 1. The Bertz CT molecular complexity index is 740. The minimum Gasteiger partial charge on any atom is -0.481 e. The number of nitrogens with one attached hydrogen (secondary N) is 1. The standard InChI is InChI=1S/C20H23Cl2NO2S/c1-3-19(25-17-7-8-18(22)14(2)11-17)20(24)23-9-10-26-13-15-5-4-6-16(21)12-15/h4-8,11-12,19H,3,9-10,13H2,1-2H3,(H,23,24)/t19-/m1/s1. The van der Waals surface area contributed by atoms with Crippen molar-refractivity contribution in [2.24, 2.45) is 0 Å². The van der Waals surface area contributed by atoms with Gasteiger partial charge in [-0.15, -0.1) is 0 Å². The SMILES string of the molecule is CC[C@@H](Oc1ccc(Cl)c(C)c1)C(=O)NCCSCc1cccc(Cl)c1. The van der Waals surface area contributed by atoms with Crippen molar-refractivity contribution in [2.75, 3.05) is 12.3 Å². The van der Waals surface area contributed by atoms with Gasteiger partial charge in [-0.05, 0) is 54.8 Å². The van der Waals surface area contributed by atoms with Crippen molar-refractivity contribution in [3.05, 3.63) is 63.6 Å².